The van der Waals surface area contributed by atoms with Gasteiger partial charge in [-0.15, -0.1) is 0 Å². The fourth-order valence-corrected chi connectivity index (χ4v) is 6.09. The van der Waals surface area contributed by atoms with E-state index in [0.29, 0.717) is 0 Å². The fraction of sp³-hybridized carbons (Fsp3) is 0.885. The van der Waals surface area contributed by atoms with Crippen molar-refractivity contribution in [2.45, 2.75) is 106 Å². The molecule has 0 spiro atoms. The van der Waals surface area contributed by atoms with Gasteiger partial charge in [0.2, 0.25) is 11.8 Å². The molecule has 0 aromatic carbocycles. The highest BCUT2D eigenvalue weighted by molar-refractivity contribution is 5.76. The van der Waals surface area contributed by atoms with Crippen molar-refractivity contribution in [3.05, 3.63) is 0 Å². The molecule has 15 atom stereocenters. The van der Waals surface area contributed by atoms with Gasteiger partial charge in [0.15, 0.2) is 12.6 Å². The average molecular weight is 637 g/mol. The molecule has 0 radical (unpaired) electrons. The number of nitrogens with one attached hydrogen (secondary N) is 2. The third-order valence-corrected chi connectivity index (χ3v) is 8.45. The van der Waals surface area contributed by atoms with Crippen molar-refractivity contribution in [3.63, 3.8) is 0 Å². The second kappa shape index (κ2) is 13.6. The monoisotopic (exact) mass is 636 g/mol. The molecule has 2 saturated heterocycles. The smallest absolute Gasteiger partial charge is 0.287 e. The number of aliphatic imine (C=N–C) groups is 1. The summed E-state index contributed by atoms with van der Waals surface area (Å²) in [6.45, 7) is 1.67. The van der Waals surface area contributed by atoms with Gasteiger partial charge in [-0.1, -0.05) is 0 Å². The maximum atomic E-state index is 12.2. The number of ether oxygens (including phenoxy) is 5. The van der Waals surface area contributed by atoms with E-state index in [2.05, 4.69) is 15.6 Å². The summed E-state index contributed by atoms with van der Waals surface area (Å²) in [7, 11) is 3.42. The highest BCUT2D eigenvalue weighted by Gasteiger charge is 2.59. The van der Waals surface area contributed by atoms with Gasteiger partial charge < -0.3 is 75.0 Å². The van der Waals surface area contributed by atoms with Crippen molar-refractivity contribution in [2.75, 3.05) is 33.9 Å². The number of nitrogens with zero attached hydrogens (tertiary/aromatic N) is 2. The Morgan fingerprint density at radius 2 is 1.50 bits per heavy atom. The Balaban J connectivity index is 1.59. The first-order chi connectivity index (χ1) is 20.7. The minimum absolute atomic E-state index is 0.272. The zero-order chi connectivity index (χ0) is 32.7. The molecule has 0 aromatic heterocycles. The highest BCUT2D eigenvalue weighted by Crippen LogP contribution is 2.40. The van der Waals surface area contributed by atoms with Crippen LogP contribution in [-0.2, 0) is 33.3 Å². The van der Waals surface area contributed by atoms with Gasteiger partial charge in [-0.05, 0) is 6.92 Å². The number of amides is 2. The van der Waals surface area contributed by atoms with Crippen molar-refractivity contribution in [1.82, 2.24) is 15.5 Å². The van der Waals surface area contributed by atoms with Gasteiger partial charge >= 0.3 is 0 Å². The largest absolute Gasteiger partial charge is 0.459 e. The average Bonchev–Trinajstić information content (AvgIpc) is 3.50. The zero-order valence-electron chi connectivity index (χ0n) is 25.1. The first-order valence-electron chi connectivity index (χ1n) is 14.3. The lowest BCUT2D eigenvalue weighted by atomic mass is 9.87. The summed E-state index contributed by atoms with van der Waals surface area (Å²) in [6, 6.07) is -3.25. The molecule has 3 fully saturated rings. The summed E-state index contributed by atoms with van der Waals surface area (Å²) in [5.74, 6) is -2.00. The Bertz CT molecular complexity index is 1070. The number of carbonyl (C=O) groups excluding carboxylic acids is 2. The number of carbonyl (C=O) groups is 2. The van der Waals surface area contributed by atoms with Gasteiger partial charge in [0.1, 0.15) is 66.5 Å². The van der Waals surface area contributed by atoms with E-state index >= 15 is 0 Å². The molecule has 4 aliphatic rings. The zero-order valence-corrected chi connectivity index (χ0v) is 25.1. The Hall–Kier alpha value is -2.23. The molecule has 0 unspecified atom stereocenters. The van der Waals surface area contributed by atoms with E-state index in [4.69, 9.17) is 23.7 Å². The predicted molar refractivity (Wildman–Crippen MR) is 145 cm³/mol. The van der Waals surface area contributed by atoms with Crippen molar-refractivity contribution in [3.8, 4) is 0 Å². The summed E-state index contributed by atoms with van der Waals surface area (Å²) in [4.78, 5) is 30.1. The quantitative estimate of drug-likeness (QED) is 0.114. The van der Waals surface area contributed by atoms with Crippen LogP contribution in [0.1, 0.15) is 20.8 Å². The minimum Gasteiger partial charge on any atom is -0.459 e. The van der Waals surface area contributed by atoms with Crippen LogP contribution in [0.15, 0.2) is 4.99 Å². The van der Waals surface area contributed by atoms with E-state index in [0.717, 1.165) is 6.92 Å². The second-order valence-electron chi connectivity index (χ2n) is 12.0. The van der Waals surface area contributed by atoms with Gasteiger partial charge in [0, 0.05) is 27.9 Å². The predicted octanol–water partition coefficient (Wildman–Crippen LogP) is -5.66. The van der Waals surface area contributed by atoms with Crippen LogP contribution in [0.5, 0.6) is 0 Å². The van der Waals surface area contributed by atoms with Crippen LogP contribution in [0, 0.1) is 5.92 Å². The Morgan fingerprint density at radius 3 is 2.02 bits per heavy atom. The van der Waals surface area contributed by atoms with E-state index in [-0.39, 0.29) is 6.02 Å². The van der Waals surface area contributed by atoms with E-state index in [9.17, 15) is 45.3 Å². The molecule has 3 aliphatic heterocycles. The third kappa shape index (κ3) is 6.52. The van der Waals surface area contributed by atoms with Crippen LogP contribution < -0.4 is 10.6 Å². The van der Waals surface area contributed by atoms with Crippen molar-refractivity contribution < 1.29 is 69.0 Å². The number of hydrogen-bond donors (Lipinski definition) is 9. The van der Waals surface area contributed by atoms with Crippen LogP contribution >= 0.6 is 0 Å². The van der Waals surface area contributed by atoms with Gasteiger partial charge in [0.05, 0.1) is 31.8 Å². The van der Waals surface area contributed by atoms with Crippen LogP contribution in [-0.4, -0.2) is 178 Å². The van der Waals surface area contributed by atoms with E-state index in [1.807, 2.05) is 0 Å². The number of fused-ring (bicyclic) bond motifs is 1. The molecule has 2 amide bonds. The summed E-state index contributed by atoms with van der Waals surface area (Å²) < 4.78 is 29.6. The van der Waals surface area contributed by atoms with E-state index in [1.165, 1.54) is 13.8 Å². The van der Waals surface area contributed by atoms with E-state index in [1.54, 1.807) is 19.0 Å². The number of amidine groups is 1. The van der Waals surface area contributed by atoms with Gasteiger partial charge in [-0.3, -0.25) is 9.59 Å². The van der Waals surface area contributed by atoms with Crippen molar-refractivity contribution in [1.29, 1.82) is 0 Å². The van der Waals surface area contributed by atoms with Crippen LogP contribution in [0.2, 0.25) is 0 Å². The second-order valence-corrected chi connectivity index (χ2v) is 12.0. The molecule has 1 aliphatic carbocycles. The molecular weight excluding hydrogens is 592 g/mol. The number of rotatable bonds is 9. The molecule has 18 nitrogen and oxygen atoms in total. The Kier molecular flexibility index (Phi) is 10.7. The summed E-state index contributed by atoms with van der Waals surface area (Å²) >= 11 is 0. The minimum atomic E-state index is -1.75. The molecule has 18 heteroatoms. The van der Waals surface area contributed by atoms with Gasteiger partial charge in [0.25, 0.3) is 6.02 Å². The van der Waals surface area contributed by atoms with Crippen LogP contribution in [0.4, 0.5) is 0 Å². The summed E-state index contributed by atoms with van der Waals surface area (Å²) in [5, 5.41) is 79.2. The first kappa shape index (κ1) is 34.6. The molecule has 252 valence electrons. The van der Waals surface area contributed by atoms with Crippen molar-refractivity contribution >= 4 is 17.8 Å². The molecule has 44 heavy (non-hydrogen) atoms. The SMILES string of the molecule is CC(=O)N[C@@H]1[C@@H](O[C@@H]2[C@@H](O)[C@H]3N=C(N(C)C)O[C@H]3[C@@H]2CO)O[C@@H](CO)[C@H](O[C@H]2O[C@@](C)(CO)[C@H](O)[C@@H](O)[C@@H]2NC(C)=O)[C@H]1O. The molecular formula is C26H44N4O14. The lowest BCUT2D eigenvalue weighted by Crippen LogP contribution is -2.71. The van der Waals surface area contributed by atoms with Gasteiger partial charge in [-0.25, -0.2) is 4.99 Å². The first-order valence-corrected chi connectivity index (χ1v) is 14.3. The molecule has 1 saturated carbocycles. The number of hydrogen-bond acceptors (Lipinski definition) is 16. The van der Waals surface area contributed by atoms with Crippen LogP contribution in [0.25, 0.3) is 0 Å². The molecule has 4 rings (SSSR count). The van der Waals surface area contributed by atoms with Gasteiger partial charge in [-0.2, -0.15) is 0 Å². The van der Waals surface area contributed by atoms with E-state index < -0.39 is 123 Å². The Morgan fingerprint density at radius 1 is 0.909 bits per heavy atom. The molecule has 0 bridgehead atoms. The number of aliphatic hydroxyl groups excluding tert-OH is 7. The lowest BCUT2D eigenvalue weighted by Gasteiger charge is -2.51. The third-order valence-electron chi connectivity index (χ3n) is 8.45. The topological polar surface area (TPSA) is 262 Å². The number of aliphatic hydroxyl groups is 7. The fourth-order valence-electron chi connectivity index (χ4n) is 6.09. The van der Waals surface area contributed by atoms with Crippen LogP contribution in [0.3, 0.4) is 0 Å². The molecule has 3 heterocycles. The molecule has 9 N–H and O–H groups in total. The normalized spacial score (nSPS) is 45.2. The maximum absolute atomic E-state index is 12.2. The standard InChI is InChI=1S/C26H44N4O14/c1-9(34)27-14-17(37)21(42-24-15(28-10(2)35)18(38)22(39)26(3,8-33)44-24)12(7-32)40-23(14)41-20-11(6-31)19-13(16(20)36)29-25(43-19)30(4)5/h11-24,31-33,36-39H,6-8H2,1-5H3,(H,27,34)(H,28,35)/t11-,12-,13+,14-,15-,16-,17-,18-,19-,20-,21-,22+,23+,24-,26-/m0/s1. The summed E-state index contributed by atoms with van der Waals surface area (Å²) in [5.41, 5.74) is -1.75. The Labute approximate surface area is 253 Å². The summed E-state index contributed by atoms with van der Waals surface area (Å²) in [6.07, 6.45) is -14.0. The highest BCUT2D eigenvalue weighted by atomic mass is 16.7. The van der Waals surface area contributed by atoms with Crippen molar-refractivity contribution in [2.24, 2.45) is 10.9 Å². The lowest BCUT2D eigenvalue weighted by molar-refractivity contribution is -0.354. The molecule has 0 aromatic rings. The maximum Gasteiger partial charge on any atom is 0.287 e.